The van der Waals surface area contributed by atoms with Crippen LogP contribution in [-0.4, -0.2) is 34.3 Å². The summed E-state index contributed by atoms with van der Waals surface area (Å²) in [7, 11) is 1.80. The minimum atomic E-state index is -2.10. The van der Waals surface area contributed by atoms with E-state index < -0.39 is 23.0 Å². The monoisotopic (exact) mass is 379 g/mol. The van der Waals surface area contributed by atoms with E-state index in [2.05, 4.69) is 18.5 Å². The lowest BCUT2D eigenvalue weighted by Gasteiger charge is -2.32. The number of hydrogen-bond acceptors (Lipinski definition) is 5. The van der Waals surface area contributed by atoms with Crippen molar-refractivity contribution < 1.29 is 23.3 Å². The standard InChI is InChI=1S/C16H27FNO4PS/c1-5-7-15(6-2,8-9-22-14(20)12(3)4)11-18-13(19)10-16(17,23)24-21/h5,21H,1,3,6-11,23H2,2,4H3,(H,18,19). The molecule has 3 atom stereocenters. The summed E-state index contributed by atoms with van der Waals surface area (Å²) in [6, 6.07) is 0. The number of carbonyl (C=O) groups is 2. The van der Waals surface area contributed by atoms with E-state index in [0.29, 0.717) is 25.0 Å². The Morgan fingerprint density at radius 2 is 2.12 bits per heavy atom. The molecule has 0 aliphatic carbocycles. The van der Waals surface area contributed by atoms with Gasteiger partial charge in [0.2, 0.25) is 10.6 Å². The van der Waals surface area contributed by atoms with Crippen LogP contribution in [0.4, 0.5) is 4.39 Å². The molecule has 2 N–H and O–H groups in total. The Morgan fingerprint density at radius 1 is 1.50 bits per heavy atom. The molecule has 0 radical (unpaired) electrons. The number of ether oxygens (including phenoxy) is 1. The quantitative estimate of drug-likeness (QED) is 0.178. The predicted octanol–water partition coefficient (Wildman–Crippen LogP) is 3.68. The summed E-state index contributed by atoms with van der Waals surface area (Å²) in [5, 5.41) is 2.69. The fourth-order valence-electron chi connectivity index (χ4n) is 2.10. The van der Waals surface area contributed by atoms with Gasteiger partial charge in [-0.1, -0.05) is 28.8 Å². The SMILES string of the molecule is C=CCC(CC)(CCOC(=O)C(=C)C)CNC(=O)CC(F)(P)SO. The maximum Gasteiger partial charge on any atom is 0.333 e. The van der Waals surface area contributed by atoms with E-state index in [1.165, 1.54) is 0 Å². The smallest absolute Gasteiger partial charge is 0.333 e. The summed E-state index contributed by atoms with van der Waals surface area (Å²) < 4.78 is 25.4. The lowest BCUT2D eigenvalue weighted by molar-refractivity contribution is -0.140. The molecule has 0 fully saturated rings. The fraction of sp³-hybridized carbons (Fsp3) is 0.625. The van der Waals surface area contributed by atoms with Gasteiger partial charge < -0.3 is 14.6 Å². The molecule has 0 aliphatic rings. The molecule has 0 aromatic rings. The van der Waals surface area contributed by atoms with Crippen molar-refractivity contribution in [1.82, 2.24) is 5.32 Å². The van der Waals surface area contributed by atoms with Crippen molar-refractivity contribution >= 4 is 33.2 Å². The van der Waals surface area contributed by atoms with Gasteiger partial charge in [0.25, 0.3) is 0 Å². The molecule has 0 spiro atoms. The molecule has 0 bridgehead atoms. The van der Waals surface area contributed by atoms with Crippen LogP contribution in [0.2, 0.25) is 0 Å². The number of halogens is 1. The molecule has 138 valence electrons. The van der Waals surface area contributed by atoms with Gasteiger partial charge in [-0.25, -0.2) is 9.18 Å². The largest absolute Gasteiger partial charge is 0.462 e. The first-order valence-corrected chi connectivity index (χ1v) is 8.97. The molecule has 0 aliphatic heterocycles. The minimum absolute atomic E-state index is 0.0219. The molecule has 3 unspecified atom stereocenters. The topological polar surface area (TPSA) is 75.6 Å². The highest BCUT2D eigenvalue weighted by atomic mass is 32.2. The van der Waals surface area contributed by atoms with Gasteiger partial charge in [-0.05, 0) is 31.6 Å². The molecule has 0 saturated heterocycles. The Kier molecular flexibility index (Phi) is 10.4. The van der Waals surface area contributed by atoms with Crippen LogP contribution in [0.3, 0.4) is 0 Å². The summed E-state index contributed by atoms with van der Waals surface area (Å²) >= 11 is -0.0219. The molecular weight excluding hydrogens is 352 g/mol. The van der Waals surface area contributed by atoms with E-state index in [4.69, 9.17) is 9.29 Å². The summed E-state index contributed by atoms with van der Waals surface area (Å²) in [4.78, 5) is 23.3. The third-order valence-electron chi connectivity index (χ3n) is 3.76. The molecule has 8 heteroatoms. The fourth-order valence-corrected chi connectivity index (χ4v) is 2.48. The number of hydrogen-bond donors (Lipinski definition) is 2. The molecule has 0 saturated carbocycles. The molecule has 0 aromatic heterocycles. The van der Waals surface area contributed by atoms with Crippen molar-refractivity contribution in [2.45, 2.75) is 44.3 Å². The molecule has 24 heavy (non-hydrogen) atoms. The van der Waals surface area contributed by atoms with Crippen molar-refractivity contribution in [2.75, 3.05) is 13.2 Å². The van der Waals surface area contributed by atoms with Crippen molar-refractivity contribution in [2.24, 2.45) is 5.41 Å². The van der Waals surface area contributed by atoms with Crippen LogP contribution in [0.15, 0.2) is 24.8 Å². The van der Waals surface area contributed by atoms with Crippen LogP contribution in [0.25, 0.3) is 0 Å². The van der Waals surface area contributed by atoms with Gasteiger partial charge in [-0.2, -0.15) is 0 Å². The van der Waals surface area contributed by atoms with E-state index in [9.17, 15) is 14.0 Å². The second-order valence-corrected chi connectivity index (χ2v) is 8.04. The molecule has 0 heterocycles. The van der Waals surface area contributed by atoms with Gasteiger partial charge in [0, 0.05) is 24.2 Å². The third kappa shape index (κ3) is 8.81. The van der Waals surface area contributed by atoms with E-state index in [1.54, 1.807) is 22.2 Å². The Morgan fingerprint density at radius 3 is 2.58 bits per heavy atom. The van der Waals surface area contributed by atoms with Crippen LogP contribution in [-0.2, 0) is 14.3 Å². The van der Waals surface area contributed by atoms with Crippen LogP contribution >= 0.6 is 21.3 Å². The first kappa shape index (κ1) is 23.1. The van der Waals surface area contributed by atoms with E-state index >= 15 is 0 Å². The second kappa shape index (κ2) is 10.9. The maximum atomic E-state index is 13.6. The average molecular weight is 379 g/mol. The average Bonchev–Trinajstić information content (AvgIpc) is 2.52. The number of nitrogens with one attached hydrogen (secondary N) is 1. The lowest BCUT2D eigenvalue weighted by Crippen LogP contribution is -2.39. The normalized spacial score (nSPS) is 15.7. The van der Waals surface area contributed by atoms with Crippen LogP contribution in [0, 0.1) is 5.41 Å². The molecule has 0 aromatic carbocycles. The van der Waals surface area contributed by atoms with Gasteiger partial charge in [0.05, 0.1) is 13.0 Å². The first-order chi connectivity index (χ1) is 11.1. The number of esters is 1. The Hall–Kier alpha value is -0.910. The van der Waals surface area contributed by atoms with E-state index in [0.717, 1.165) is 6.42 Å². The van der Waals surface area contributed by atoms with Crippen molar-refractivity contribution in [1.29, 1.82) is 0 Å². The number of alkyl halides is 1. The van der Waals surface area contributed by atoms with Gasteiger partial charge in [0.15, 0.2) is 0 Å². The summed E-state index contributed by atoms with van der Waals surface area (Å²) in [6.07, 6.45) is 3.14. The Bertz CT molecular complexity index is 473. The zero-order chi connectivity index (χ0) is 18.8. The van der Waals surface area contributed by atoms with Gasteiger partial charge in [0.1, 0.15) is 0 Å². The summed E-state index contributed by atoms with van der Waals surface area (Å²) in [5.74, 6) is -0.956. The number of carbonyl (C=O) groups excluding carboxylic acids is 2. The van der Waals surface area contributed by atoms with Crippen LogP contribution < -0.4 is 5.32 Å². The van der Waals surface area contributed by atoms with E-state index in [-0.39, 0.29) is 24.1 Å². The number of amides is 1. The zero-order valence-electron chi connectivity index (χ0n) is 14.3. The van der Waals surface area contributed by atoms with Crippen molar-refractivity contribution in [3.8, 4) is 0 Å². The maximum absolute atomic E-state index is 13.6. The highest BCUT2D eigenvalue weighted by molar-refractivity contribution is 7.98. The first-order valence-electron chi connectivity index (χ1n) is 7.62. The number of rotatable bonds is 12. The molecular formula is C16H27FNO4PS. The van der Waals surface area contributed by atoms with Crippen LogP contribution in [0.5, 0.6) is 0 Å². The molecule has 0 rings (SSSR count). The summed E-state index contributed by atoms with van der Waals surface area (Å²) in [6.45, 7) is 11.3. The number of allylic oxidation sites excluding steroid dienone is 1. The van der Waals surface area contributed by atoms with Crippen molar-refractivity contribution in [3.05, 3.63) is 24.8 Å². The Balaban J connectivity index is 4.68. The van der Waals surface area contributed by atoms with Gasteiger partial charge in [-0.3, -0.25) is 4.79 Å². The lowest BCUT2D eigenvalue weighted by atomic mass is 9.78. The minimum Gasteiger partial charge on any atom is -0.462 e. The zero-order valence-corrected chi connectivity index (χ0v) is 16.2. The third-order valence-corrected chi connectivity index (χ3v) is 4.72. The predicted molar refractivity (Wildman–Crippen MR) is 99.3 cm³/mol. The highest BCUT2D eigenvalue weighted by Gasteiger charge is 2.31. The Labute approximate surface area is 149 Å². The van der Waals surface area contributed by atoms with Crippen molar-refractivity contribution in [3.63, 3.8) is 0 Å². The highest BCUT2D eigenvalue weighted by Crippen LogP contribution is 2.35. The molecule has 1 amide bonds. The summed E-state index contributed by atoms with van der Waals surface area (Å²) in [5.41, 5.74) is -0.00531. The van der Waals surface area contributed by atoms with Gasteiger partial charge in [-0.15, -0.1) is 6.58 Å². The van der Waals surface area contributed by atoms with Crippen LogP contribution in [0.1, 0.15) is 39.5 Å². The van der Waals surface area contributed by atoms with Gasteiger partial charge >= 0.3 is 5.97 Å². The molecule has 5 nitrogen and oxygen atoms in total. The second-order valence-electron chi connectivity index (χ2n) is 5.84. The van der Waals surface area contributed by atoms with E-state index in [1.807, 2.05) is 6.92 Å².